The molecule has 114 valence electrons. The second kappa shape index (κ2) is 8.19. The largest absolute Gasteiger partial charge is 0.329 e. The Bertz CT molecular complexity index is 342. The Balaban J connectivity index is 2.26. The van der Waals surface area contributed by atoms with Gasteiger partial charge in [-0.25, -0.2) is 13.1 Å². The van der Waals surface area contributed by atoms with Gasteiger partial charge in [0.1, 0.15) is 0 Å². The highest BCUT2D eigenvalue weighted by Gasteiger charge is 2.22. The summed E-state index contributed by atoms with van der Waals surface area (Å²) in [6, 6.07) is 0.637. The standard InChI is InChI=1S/C13H29N3O2S/c1-3-13(11-14)19(17,18)15-8-6-10-16-9-5-4-7-12(16)2/h12-13,15H,3-11,14H2,1-2H3. The smallest absolute Gasteiger partial charge is 0.215 e. The Kier molecular flexibility index (Phi) is 7.28. The van der Waals surface area contributed by atoms with Gasteiger partial charge < -0.3 is 10.6 Å². The SMILES string of the molecule is CCC(CN)S(=O)(=O)NCCCN1CCCCC1C. The van der Waals surface area contributed by atoms with Gasteiger partial charge in [0.2, 0.25) is 10.0 Å². The van der Waals surface area contributed by atoms with Crippen LogP contribution in [0.2, 0.25) is 0 Å². The van der Waals surface area contributed by atoms with Crippen molar-refractivity contribution in [3.05, 3.63) is 0 Å². The van der Waals surface area contributed by atoms with Crippen molar-refractivity contribution >= 4 is 10.0 Å². The zero-order valence-electron chi connectivity index (χ0n) is 12.3. The Hall–Kier alpha value is -0.170. The molecule has 0 spiro atoms. The van der Waals surface area contributed by atoms with Crippen molar-refractivity contribution < 1.29 is 8.42 Å². The van der Waals surface area contributed by atoms with Gasteiger partial charge in [-0.2, -0.15) is 0 Å². The number of piperidine rings is 1. The maximum Gasteiger partial charge on any atom is 0.215 e. The summed E-state index contributed by atoms with van der Waals surface area (Å²) in [5.41, 5.74) is 5.48. The van der Waals surface area contributed by atoms with Crippen LogP contribution in [0.25, 0.3) is 0 Å². The normalized spacial score (nSPS) is 23.4. The molecule has 0 amide bonds. The predicted molar refractivity (Wildman–Crippen MR) is 79.6 cm³/mol. The Labute approximate surface area is 118 Å². The summed E-state index contributed by atoms with van der Waals surface area (Å²) in [7, 11) is -3.23. The molecule has 0 aromatic heterocycles. The summed E-state index contributed by atoms with van der Waals surface area (Å²) in [5.74, 6) is 0. The first-order chi connectivity index (χ1) is 9.01. The maximum atomic E-state index is 11.9. The van der Waals surface area contributed by atoms with Crippen molar-refractivity contribution in [2.45, 2.75) is 57.2 Å². The lowest BCUT2D eigenvalue weighted by molar-refractivity contribution is 0.159. The lowest BCUT2D eigenvalue weighted by Crippen LogP contribution is -2.41. The molecule has 0 radical (unpaired) electrons. The van der Waals surface area contributed by atoms with E-state index in [9.17, 15) is 8.42 Å². The molecule has 0 aromatic carbocycles. The first-order valence-electron chi connectivity index (χ1n) is 7.43. The molecule has 2 unspecified atom stereocenters. The molecule has 1 rings (SSSR count). The van der Waals surface area contributed by atoms with Gasteiger partial charge in [-0.1, -0.05) is 13.3 Å². The zero-order valence-corrected chi connectivity index (χ0v) is 13.1. The molecule has 1 aliphatic heterocycles. The Morgan fingerprint density at radius 2 is 2.16 bits per heavy atom. The topological polar surface area (TPSA) is 75.4 Å². The molecule has 19 heavy (non-hydrogen) atoms. The monoisotopic (exact) mass is 291 g/mol. The maximum absolute atomic E-state index is 11.9. The van der Waals surface area contributed by atoms with Crippen LogP contribution in [0.15, 0.2) is 0 Å². The molecular formula is C13H29N3O2S. The van der Waals surface area contributed by atoms with Gasteiger partial charge in [0, 0.05) is 19.1 Å². The zero-order chi connectivity index (χ0) is 14.3. The minimum Gasteiger partial charge on any atom is -0.329 e. The number of hydrogen-bond acceptors (Lipinski definition) is 4. The van der Waals surface area contributed by atoms with Gasteiger partial charge in [0.15, 0.2) is 0 Å². The van der Waals surface area contributed by atoms with Crippen LogP contribution in [0.5, 0.6) is 0 Å². The number of nitrogens with one attached hydrogen (secondary N) is 1. The highest BCUT2D eigenvalue weighted by atomic mass is 32.2. The van der Waals surface area contributed by atoms with E-state index in [0.717, 1.165) is 19.5 Å². The average molecular weight is 291 g/mol. The fraction of sp³-hybridized carbons (Fsp3) is 1.00. The molecule has 1 heterocycles. The Morgan fingerprint density at radius 3 is 2.74 bits per heavy atom. The highest BCUT2D eigenvalue weighted by molar-refractivity contribution is 7.90. The van der Waals surface area contributed by atoms with Gasteiger partial charge >= 0.3 is 0 Å². The third-order valence-electron chi connectivity index (χ3n) is 4.02. The van der Waals surface area contributed by atoms with Crippen LogP contribution < -0.4 is 10.5 Å². The van der Waals surface area contributed by atoms with Crippen LogP contribution >= 0.6 is 0 Å². The van der Waals surface area contributed by atoms with Crippen molar-refractivity contribution in [2.24, 2.45) is 5.73 Å². The number of sulfonamides is 1. The minimum atomic E-state index is -3.23. The van der Waals surface area contributed by atoms with E-state index in [1.807, 2.05) is 6.92 Å². The summed E-state index contributed by atoms with van der Waals surface area (Å²) < 4.78 is 26.5. The fourth-order valence-corrected chi connectivity index (χ4v) is 3.97. The molecule has 3 N–H and O–H groups in total. The number of hydrogen-bond donors (Lipinski definition) is 2. The number of rotatable bonds is 8. The number of nitrogens with two attached hydrogens (primary N) is 1. The fourth-order valence-electron chi connectivity index (χ4n) is 2.62. The molecule has 0 aliphatic carbocycles. The van der Waals surface area contributed by atoms with Crippen LogP contribution in [-0.2, 0) is 10.0 Å². The number of likely N-dealkylation sites (tertiary alicyclic amines) is 1. The van der Waals surface area contributed by atoms with E-state index >= 15 is 0 Å². The molecule has 1 saturated heterocycles. The summed E-state index contributed by atoms with van der Waals surface area (Å²) >= 11 is 0. The van der Waals surface area contributed by atoms with E-state index in [-0.39, 0.29) is 6.54 Å². The van der Waals surface area contributed by atoms with Gasteiger partial charge in [-0.05, 0) is 45.7 Å². The predicted octanol–water partition coefficient (Wildman–Crippen LogP) is 0.908. The lowest BCUT2D eigenvalue weighted by atomic mass is 10.0. The molecule has 0 aromatic rings. The molecule has 6 heteroatoms. The van der Waals surface area contributed by atoms with Gasteiger partial charge in [-0.3, -0.25) is 0 Å². The second-order valence-corrected chi connectivity index (χ2v) is 7.48. The van der Waals surface area contributed by atoms with Crippen molar-refractivity contribution in [3.8, 4) is 0 Å². The molecule has 1 fully saturated rings. The average Bonchev–Trinajstić information content (AvgIpc) is 2.37. The van der Waals surface area contributed by atoms with Gasteiger partial charge in [0.05, 0.1) is 5.25 Å². The molecular weight excluding hydrogens is 262 g/mol. The Morgan fingerprint density at radius 1 is 1.42 bits per heavy atom. The minimum absolute atomic E-state index is 0.189. The first-order valence-corrected chi connectivity index (χ1v) is 8.98. The van der Waals surface area contributed by atoms with Crippen LogP contribution in [0.4, 0.5) is 0 Å². The molecule has 2 atom stereocenters. The summed E-state index contributed by atoms with van der Waals surface area (Å²) in [6.45, 7) is 6.94. The summed E-state index contributed by atoms with van der Waals surface area (Å²) in [4.78, 5) is 2.46. The van der Waals surface area contributed by atoms with Gasteiger partial charge in [0.25, 0.3) is 0 Å². The molecule has 5 nitrogen and oxygen atoms in total. The van der Waals surface area contributed by atoms with Crippen molar-refractivity contribution in [1.29, 1.82) is 0 Å². The highest BCUT2D eigenvalue weighted by Crippen LogP contribution is 2.16. The first kappa shape index (κ1) is 16.9. The van der Waals surface area contributed by atoms with Gasteiger partial charge in [-0.15, -0.1) is 0 Å². The molecule has 1 aliphatic rings. The van der Waals surface area contributed by atoms with E-state index in [1.54, 1.807) is 0 Å². The molecule has 0 bridgehead atoms. The molecule has 0 saturated carbocycles. The third-order valence-corrected chi connectivity index (χ3v) is 6.03. The summed E-state index contributed by atoms with van der Waals surface area (Å²) in [6.07, 6.45) is 5.27. The van der Waals surface area contributed by atoms with E-state index in [0.29, 0.717) is 19.0 Å². The number of nitrogens with zero attached hydrogens (tertiary/aromatic N) is 1. The van der Waals surface area contributed by atoms with Crippen LogP contribution in [0.3, 0.4) is 0 Å². The lowest BCUT2D eigenvalue weighted by Gasteiger charge is -2.33. The van der Waals surface area contributed by atoms with Crippen LogP contribution in [0.1, 0.15) is 46.0 Å². The van der Waals surface area contributed by atoms with E-state index in [4.69, 9.17) is 5.73 Å². The second-order valence-electron chi connectivity index (χ2n) is 5.44. The third kappa shape index (κ3) is 5.38. The van der Waals surface area contributed by atoms with Crippen molar-refractivity contribution in [3.63, 3.8) is 0 Å². The van der Waals surface area contributed by atoms with Crippen LogP contribution in [-0.4, -0.2) is 50.8 Å². The van der Waals surface area contributed by atoms with Crippen molar-refractivity contribution in [2.75, 3.05) is 26.2 Å². The van der Waals surface area contributed by atoms with E-state index < -0.39 is 15.3 Å². The van der Waals surface area contributed by atoms with E-state index in [1.165, 1.54) is 19.3 Å². The quantitative estimate of drug-likeness (QED) is 0.652. The van der Waals surface area contributed by atoms with Crippen LogP contribution in [0, 0.1) is 0 Å². The van der Waals surface area contributed by atoms with E-state index in [2.05, 4.69) is 16.5 Å². The van der Waals surface area contributed by atoms with Crippen molar-refractivity contribution in [1.82, 2.24) is 9.62 Å². The summed E-state index contributed by atoms with van der Waals surface area (Å²) in [5, 5.41) is -0.457.